The number of amides is 1. The molecule has 1 amide bonds. The van der Waals surface area contributed by atoms with Crippen LogP contribution in [0.15, 0.2) is 53.6 Å². The molecule has 0 bridgehead atoms. The summed E-state index contributed by atoms with van der Waals surface area (Å²) in [4.78, 5) is 37.2. The lowest BCUT2D eigenvalue weighted by atomic mass is 10.1. The van der Waals surface area contributed by atoms with Crippen LogP contribution in [0.2, 0.25) is 5.02 Å². The number of carbonyl (C=O) groups is 1. The van der Waals surface area contributed by atoms with Gasteiger partial charge in [-0.05, 0) is 59.2 Å². The Bertz CT molecular complexity index is 1920. The van der Waals surface area contributed by atoms with Crippen LogP contribution in [0, 0.1) is 11.9 Å². The summed E-state index contributed by atoms with van der Waals surface area (Å²) >= 11 is 6.29. The number of ether oxygens (including phenoxy) is 1. The number of aromatic amines is 1. The third kappa shape index (κ3) is 3.47. The molecule has 0 saturated heterocycles. The topological polar surface area (TPSA) is 146 Å². The first-order chi connectivity index (χ1) is 19.4. The van der Waals surface area contributed by atoms with Crippen molar-refractivity contribution in [3.63, 3.8) is 0 Å². The van der Waals surface area contributed by atoms with Crippen molar-refractivity contribution in [2.24, 2.45) is 5.92 Å². The van der Waals surface area contributed by atoms with Crippen molar-refractivity contribution < 1.29 is 13.9 Å². The fourth-order valence-corrected chi connectivity index (χ4v) is 5.86. The molecule has 3 aliphatic rings. The predicted molar refractivity (Wildman–Crippen MR) is 139 cm³/mol. The molecule has 12 nitrogen and oxygen atoms in total. The van der Waals surface area contributed by atoms with Crippen LogP contribution in [0.5, 0.6) is 5.75 Å². The van der Waals surface area contributed by atoms with E-state index in [4.69, 9.17) is 21.3 Å². The molecule has 198 valence electrons. The molecule has 0 radical (unpaired) electrons. The van der Waals surface area contributed by atoms with Crippen LogP contribution in [0.25, 0.3) is 28.3 Å². The number of aromatic nitrogens is 8. The Labute approximate surface area is 228 Å². The molecule has 2 aliphatic heterocycles. The number of halogens is 2. The van der Waals surface area contributed by atoms with E-state index < -0.39 is 12.0 Å². The lowest BCUT2D eigenvalue weighted by Gasteiger charge is -2.18. The molecule has 3 unspecified atom stereocenters. The molecule has 1 fully saturated rings. The SMILES string of the molecule is O=C1COc2cc(-c3nc(F)c(C4C5CC5c5nc(-c6cc(Cl)ccc6-n6cnnn6)cc(=O)n54)[nH]3)ccc2N1. The van der Waals surface area contributed by atoms with E-state index in [0.29, 0.717) is 50.6 Å². The smallest absolute Gasteiger partial charge is 0.262 e. The van der Waals surface area contributed by atoms with Crippen molar-refractivity contribution in [2.45, 2.75) is 18.4 Å². The Kier molecular flexibility index (Phi) is 4.77. The molecule has 2 N–H and O–H groups in total. The molecule has 3 atom stereocenters. The zero-order valence-corrected chi connectivity index (χ0v) is 21.1. The summed E-state index contributed by atoms with van der Waals surface area (Å²) in [6, 6.07) is 11.1. The van der Waals surface area contributed by atoms with Crippen LogP contribution < -0.4 is 15.6 Å². The minimum atomic E-state index is -0.683. The summed E-state index contributed by atoms with van der Waals surface area (Å²) in [5.41, 5.74) is 2.68. The molecular weight excluding hydrogens is 541 g/mol. The van der Waals surface area contributed by atoms with Crippen LogP contribution in [-0.4, -0.2) is 52.2 Å². The van der Waals surface area contributed by atoms with Crippen molar-refractivity contribution in [3.05, 3.63) is 81.6 Å². The summed E-state index contributed by atoms with van der Waals surface area (Å²) in [5.74, 6) is 0.461. The third-order valence-electron chi connectivity index (χ3n) is 7.53. The van der Waals surface area contributed by atoms with E-state index in [1.54, 1.807) is 41.0 Å². The highest BCUT2D eigenvalue weighted by atomic mass is 35.5. The Morgan fingerprint density at radius 2 is 2.00 bits per heavy atom. The lowest BCUT2D eigenvalue weighted by molar-refractivity contribution is -0.118. The molecule has 8 rings (SSSR count). The number of hydrogen-bond acceptors (Lipinski definition) is 8. The van der Waals surface area contributed by atoms with Gasteiger partial charge in [0.15, 0.2) is 6.61 Å². The van der Waals surface area contributed by atoms with Gasteiger partial charge in [-0.1, -0.05) is 11.6 Å². The van der Waals surface area contributed by atoms with Crippen molar-refractivity contribution in [1.82, 2.24) is 39.7 Å². The number of tetrazole rings is 1. The van der Waals surface area contributed by atoms with Gasteiger partial charge in [0.25, 0.3) is 11.5 Å². The van der Waals surface area contributed by atoms with Gasteiger partial charge in [-0.15, -0.1) is 5.10 Å². The highest BCUT2D eigenvalue weighted by Crippen LogP contribution is 2.60. The number of fused-ring (bicyclic) bond motifs is 4. The number of carbonyl (C=O) groups excluding carboxylic acids is 1. The van der Waals surface area contributed by atoms with E-state index in [2.05, 4.69) is 30.8 Å². The zero-order chi connectivity index (χ0) is 27.1. The summed E-state index contributed by atoms with van der Waals surface area (Å²) < 4.78 is 23.9. The average Bonchev–Trinajstić information content (AvgIpc) is 3.23. The van der Waals surface area contributed by atoms with Crippen molar-refractivity contribution in [3.8, 4) is 34.1 Å². The Balaban J connectivity index is 1.19. The van der Waals surface area contributed by atoms with Crippen molar-refractivity contribution in [2.75, 3.05) is 11.9 Å². The van der Waals surface area contributed by atoms with Gasteiger partial charge in [0, 0.05) is 28.1 Å². The van der Waals surface area contributed by atoms with E-state index >= 15 is 4.39 Å². The Morgan fingerprint density at radius 1 is 1.10 bits per heavy atom. The van der Waals surface area contributed by atoms with Gasteiger partial charge in [-0.25, -0.2) is 9.97 Å². The van der Waals surface area contributed by atoms with Gasteiger partial charge in [-0.2, -0.15) is 9.07 Å². The van der Waals surface area contributed by atoms with Gasteiger partial charge in [0.1, 0.15) is 23.7 Å². The van der Waals surface area contributed by atoms with E-state index in [-0.39, 0.29) is 35.6 Å². The Morgan fingerprint density at radius 3 is 2.85 bits per heavy atom. The van der Waals surface area contributed by atoms with Crippen LogP contribution in [0.3, 0.4) is 0 Å². The number of H-pyrrole nitrogens is 1. The summed E-state index contributed by atoms with van der Waals surface area (Å²) in [7, 11) is 0. The van der Waals surface area contributed by atoms with E-state index in [0.717, 1.165) is 6.42 Å². The molecule has 1 saturated carbocycles. The fourth-order valence-electron chi connectivity index (χ4n) is 5.69. The second kappa shape index (κ2) is 8.29. The second-order valence-corrected chi connectivity index (χ2v) is 10.3. The number of nitrogens with one attached hydrogen (secondary N) is 2. The molecule has 3 aromatic heterocycles. The first-order valence-electron chi connectivity index (χ1n) is 12.4. The van der Waals surface area contributed by atoms with Gasteiger partial charge >= 0.3 is 0 Å². The number of rotatable bonds is 4. The molecule has 1 aliphatic carbocycles. The molecule has 40 heavy (non-hydrogen) atoms. The normalized spacial score (nSPS) is 20.4. The molecule has 14 heteroatoms. The van der Waals surface area contributed by atoms with Crippen LogP contribution in [0.1, 0.15) is 29.9 Å². The highest BCUT2D eigenvalue weighted by Gasteiger charge is 2.56. The van der Waals surface area contributed by atoms with Gasteiger partial charge in [0.2, 0.25) is 5.95 Å². The first-order valence-corrected chi connectivity index (χ1v) is 12.8. The number of benzene rings is 2. The first kappa shape index (κ1) is 23.0. The number of nitrogens with zero attached hydrogens (tertiary/aromatic N) is 7. The van der Waals surface area contributed by atoms with Crippen LogP contribution >= 0.6 is 11.6 Å². The van der Waals surface area contributed by atoms with Gasteiger partial charge in [0.05, 0.1) is 28.8 Å². The van der Waals surface area contributed by atoms with Crippen LogP contribution in [-0.2, 0) is 4.79 Å². The maximum Gasteiger partial charge on any atom is 0.262 e. The molecule has 2 aromatic carbocycles. The monoisotopic (exact) mass is 557 g/mol. The highest BCUT2D eigenvalue weighted by molar-refractivity contribution is 6.31. The van der Waals surface area contributed by atoms with E-state index in [1.165, 1.54) is 17.1 Å². The summed E-state index contributed by atoms with van der Waals surface area (Å²) in [5, 5.41) is 14.5. The minimum absolute atomic E-state index is 0.0127. The second-order valence-electron chi connectivity index (χ2n) is 9.91. The summed E-state index contributed by atoms with van der Waals surface area (Å²) in [6.07, 6.45) is 2.22. The molecule has 5 heterocycles. The van der Waals surface area contributed by atoms with Crippen LogP contribution in [0.4, 0.5) is 10.1 Å². The van der Waals surface area contributed by atoms with Gasteiger partial charge in [-0.3, -0.25) is 14.2 Å². The summed E-state index contributed by atoms with van der Waals surface area (Å²) in [6.45, 7) is -0.0968. The molecular formula is C26H17ClFN9O3. The van der Waals surface area contributed by atoms with Crippen molar-refractivity contribution in [1.29, 1.82) is 0 Å². The zero-order valence-electron chi connectivity index (χ0n) is 20.4. The molecule has 5 aromatic rings. The minimum Gasteiger partial charge on any atom is -0.482 e. The fraction of sp³-hybridized carbons (Fsp3) is 0.192. The average molecular weight is 558 g/mol. The quantitative estimate of drug-likeness (QED) is 0.343. The molecule has 0 spiro atoms. The predicted octanol–water partition coefficient (Wildman–Crippen LogP) is 3.11. The lowest BCUT2D eigenvalue weighted by Crippen LogP contribution is -2.27. The van der Waals surface area contributed by atoms with E-state index in [1.807, 2.05) is 0 Å². The van der Waals surface area contributed by atoms with Gasteiger partial charge < -0.3 is 15.0 Å². The number of imidazole rings is 1. The maximum atomic E-state index is 15.4. The number of anilines is 1. The standard InChI is InChI=1S/C26H17ClFN9O3/c27-12-2-4-18(36-10-29-34-35-36)15(6-12)17-8-21(39)37-23(13-7-14(13)26(37)31-17)22-24(28)33-25(32-22)11-1-3-16-19(5-11)40-9-20(38)30-16/h1-6,8,10,13-14,23H,7,9H2,(H,30,38)(H,32,33). The Hall–Kier alpha value is -4.91. The van der Waals surface area contributed by atoms with E-state index in [9.17, 15) is 9.59 Å². The maximum absolute atomic E-state index is 15.4. The van der Waals surface area contributed by atoms with Crippen molar-refractivity contribution >= 4 is 23.2 Å². The number of hydrogen-bond donors (Lipinski definition) is 2. The largest absolute Gasteiger partial charge is 0.482 e. The third-order valence-corrected chi connectivity index (χ3v) is 7.77.